The maximum Gasteiger partial charge on any atom is 0.0221 e. The molecule has 0 aliphatic carbocycles. The molecule has 1 heterocycles. The van der Waals surface area contributed by atoms with E-state index in [0.717, 1.165) is 6.04 Å². The van der Waals surface area contributed by atoms with Gasteiger partial charge in [0.05, 0.1) is 0 Å². The molecule has 1 atom stereocenters. The number of piperidine rings is 1. The highest BCUT2D eigenvalue weighted by atomic mass is 32.2. The highest BCUT2D eigenvalue weighted by Crippen LogP contribution is 2.11. The molecule has 1 fully saturated rings. The molecular weight excluding hydrogens is 192 g/mol. The maximum atomic E-state index is 3.50. The average Bonchev–Trinajstić information content (AvgIpc) is 2.25. The number of rotatable bonds is 6. The van der Waals surface area contributed by atoms with Gasteiger partial charge in [0.25, 0.3) is 0 Å². The van der Waals surface area contributed by atoms with E-state index in [1.165, 1.54) is 51.2 Å². The Hall–Kier alpha value is 0.270. The molecule has 0 saturated carbocycles. The van der Waals surface area contributed by atoms with E-state index in [0.29, 0.717) is 0 Å². The molecule has 1 saturated heterocycles. The van der Waals surface area contributed by atoms with Crippen molar-refractivity contribution < 1.29 is 0 Å². The first-order chi connectivity index (χ1) is 6.88. The molecule has 1 aliphatic rings. The summed E-state index contributed by atoms with van der Waals surface area (Å²) in [4.78, 5) is 2.67. The normalized spacial score (nSPS) is 22.9. The van der Waals surface area contributed by atoms with Crippen molar-refractivity contribution in [3.05, 3.63) is 0 Å². The van der Waals surface area contributed by atoms with Crippen molar-refractivity contribution in [1.82, 2.24) is 10.2 Å². The molecule has 3 heteroatoms. The number of hydrogen-bond acceptors (Lipinski definition) is 3. The molecule has 84 valence electrons. The van der Waals surface area contributed by atoms with Gasteiger partial charge in [-0.1, -0.05) is 6.92 Å². The lowest BCUT2D eigenvalue weighted by atomic mass is 10.1. The summed E-state index contributed by atoms with van der Waals surface area (Å²) in [6.07, 6.45) is 6.22. The predicted molar refractivity (Wildman–Crippen MR) is 66.1 cm³/mol. The smallest absolute Gasteiger partial charge is 0.0221 e. The molecule has 0 aromatic heterocycles. The van der Waals surface area contributed by atoms with Crippen molar-refractivity contribution in [2.75, 3.05) is 38.2 Å². The van der Waals surface area contributed by atoms with Crippen molar-refractivity contribution in [3.8, 4) is 0 Å². The molecule has 0 spiro atoms. The summed E-state index contributed by atoms with van der Waals surface area (Å²) >= 11 is 1.96. The highest BCUT2D eigenvalue weighted by Gasteiger charge is 2.19. The van der Waals surface area contributed by atoms with Gasteiger partial charge in [-0.25, -0.2) is 0 Å². The second kappa shape index (κ2) is 7.55. The Morgan fingerprint density at radius 3 is 2.86 bits per heavy atom. The quantitative estimate of drug-likeness (QED) is 0.729. The fraction of sp³-hybridized carbons (Fsp3) is 1.00. The van der Waals surface area contributed by atoms with Gasteiger partial charge in [0.15, 0.2) is 0 Å². The monoisotopic (exact) mass is 216 g/mol. The first-order valence-corrected chi connectivity index (χ1v) is 7.21. The van der Waals surface area contributed by atoms with Gasteiger partial charge >= 0.3 is 0 Å². The molecule has 1 N–H and O–H groups in total. The topological polar surface area (TPSA) is 15.3 Å². The molecule has 0 amide bonds. The number of hydrogen-bond donors (Lipinski definition) is 1. The molecule has 2 nitrogen and oxygen atoms in total. The van der Waals surface area contributed by atoms with E-state index in [4.69, 9.17) is 0 Å². The molecule has 0 aromatic carbocycles. The first-order valence-electron chi connectivity index (χ1n) is 5.82. The van der Waals surface area contributed by atoms with Crippen LogP contribution in [0.25, 0.3) is 0 Å². The van der Waals surface area contributed by atoms with Gasteiger partial charge < -0.3 is 5.32 Å². The molecule has 0 radical (unpaired) electrons. The van der Waals surface area contributed by atoms with Crippen LogP contribution in [-0.4, -0.2) is 49.1 Å². The van der Waals surface area contributed by atoms with Crippen LogP contribution in [0.5, 0.6) is 0 Å². The summed E-state index contributed by atoms with van der Waals surface area (Å²) in [6, 6.07) is 0.802. The third-order valence-electron chi connectivity index (χ3n) is 2.88. The maximum absolute atomic E-state index is 3.50. The lowest BCUT2D eigenvalue weighted by Crippen LogP contribution is -2.47. The van der Waals surface area contributed by atoms with E-state index in [-0.39, 0.29) is 0 Å². The van der Waals surface area contributed by atoms with E-state index in [1.54, 1.807) is 0 Å². The molecule has 1 aliphatic heterocycles. The van der Waals surface area contributed by atoms with Crippen LogP contribution < -0.4 is 5.32 Å². The minimum Gasteiger partial charge on any atom is -0.315 e. The van der Waals surface area contributed by atoms with Gasteiger partial charge in [-0.2, -0.15) is 11.8 Å². The molecule has 0 bridgehead atoms. The minimum atomic E-state index is 0.802. The first kappa shape index (κ1) is 12.3. The van der Waals surface area contributed by atoms with Crippen molar-refractivity contribution in [2.24, 2.45) is 0 Å². The Bertz CT molecular complexity index is 135. The standard InChI is InChI=1S/C11H24N2S/c1-3-7-13(8-9-14-2)11-5-4-6-12-10-11/h11-12H,3-10H2,1-2H3. The van der Waals surface area contributed by atoms with Crippen LogP contribution in [0, 0.1) is 0 Å². The number of nitrogens with zero attached hydrogens (tertiary/aromatic N) is 1. The van der Waals surface area contributed by atoms with E-state index >= 15 is 0 Å². The van der Waals surface area contributed by atoms with Gasteiger partial charge in [-0.05, 0) is 38.6 Å². The zero-order chi connectivity index (χ0) is 10.2. The Balaban J connectivity index is 2.30. The van der Waals surface area contributed by atoms with E-state index in [1.807, 2.05) is 11.8 Å². The fourth-order valence-electron chi connectivity index (χ4n) is 2.12. The number of nitrogens with one attached hydrogen (secondary N) is 1. The van der Waals surface area contributed by atoms with Crippen LogP contribution in [0.4, 0.5) is 0 Å². The lowest BCUT2D eigenvalue weighted by Gasteiger charge is -2.34. The Kier molecular flexibility index (Phi) is 6.65. The zero-order valence-electron chi connectivity index (χ0n) is 9.59. The summed E-state index contributed by atoms with van der Waals surface area (Å²) in [5, 5.41) is 3.50. The third-order valence-corrected chi connectivity index (χ3v) is 3.47. The summed E-state index contributed by atoms with van der Waals surface area (Å²) in [5.74, 6) is 1.27. The van der Waals surface area contributed by atoms with Gasteiger partial charge in [0.2, 0.25) is 0 Å². The van der Waals surface area contributed by atoms with Gasteiger partial charge in [0, 0.05) is 24.9 Å². The summed E-state index contributed by atoms with van der Waals surface area (Å²) in [5.41, 5.74) is 0. The SMILES string of the molecule is CCCN(CCSC)C1CCCNC1. The van der Waals surface area contributed by atoms with Gasteiger partial charge in [-0.15, -0.1) is 0 Å². The molecule has 1 rings (SSSR count). The van der Waals surface area contributed by atoms with Crippen LogP contribution in [0.3, 0.4) is 0 Å². The Morgan fingerprint density at radius 1 is 1.43 bits per heavy atom. The van der Waals surface area contributed by atoms with Gasteiger partial charge in [-0.3, -0.25) is 4.90 Å². The summed E-state index contributed by atoms with van der Waals surface area (Å²) in [6.45, 7) is 7.24. The van der Waals surface area contributed by atoms with Crippen LogP contribution in [0.2, 0.25) is 0 Å². The van der Waals surface area contributed by atoms with Crippen molar-refractivity contribution in [2.45, 2.75) is 32.2 Å². The second-order valence-electron chi connectivity index (χ2n) is 4.03. The lowest BCUT2D eigenvalue weighted by molar-refractivity contribution is 0.176. The van der Waals surface area contributed by atoms with Crippen LogP contribution in [0.15, 0.2) is 0 Å². The average molecular weight is 216 g/mol. The Labute approximate surface area is 92.8 Å². The minimum absolute atomic E-state index is 0.802. The van der Waals surface area contributed by atoms with Crippen molar-refractivity contribution in [1.29, 1.82) is 0 Å². The highest BCUT2D eigenvalue weighted by molar-refractivity contribution is 7.98. The van der Waals surface area contributed by atoms with Crippen LogP contribution >= 0.6 is 11.8 Å². The second-order valence-corrected chi connectivity index (χ2v) is 5.01. The predicted octanol–water partition coefficient (Wildman–Crippen LogP) is 1.81. The molecular formula is C11H24N2S. The fourth-order valence-corrected chi connectivity index (χ4v) is 2.53. The largest absolute Gasteiger partial charge is 0.315 e. The van der Waals surface area contributed by atoms with Crippen LogP contribution in [0.1, 0.15) is 26.2 Å². The molecule has 1 unspecified atom stereocenters. The molecule has 14 heavy (non-hydrogen) atoms. The molecule has 0 aromatic rings. The van der Waals surface area contributed by atoms with E-state index in [9.17, 15) is 0 Å². The number of thioether (sulfide) groups is 1. The third kappa shape index (κ3) is 4.20. The summed E-state index contributed by atoms with van der Waals surface area (Å²) in [7, 11) is 0. The summed E-state index contributed by atoms with van der Waals surface area (Å²) < 4.78 is 0. The Morgan fingerprint density at radius 2 is 2.29 bits per heavy atom. The van der Waals surface area contributed by atoms with Crippen LogP contribution in [-0.2, 0) is 0 Å². The van der Waals surface area contributed by atoms with E-state index in [2.05, 4.69) is 23.4 Å². The van der Waals surface area contributed by atoms with Crippen molar-refractivity contribution in [3.63, 3.8) is 0 Å². The van der Waals surface area contributed by atoms with Gasteiger partial charge in [0.1, 0.15) is 0 Å². The zero-order valence-corrected chi connectivity index (χ0v) is 10.4. The van der Waals surface area contributed by atoms with Crippen molar-refractivity contribution >= 4 is 11.8 Å². The van der Waals surface area contributed by atoms with E-state index < -0.39 is 0 Å².